The number of hydrogen-bond donors (Lipinski definition) is 0. The monoisotopic (exact) mass is 400 g/mol. The summed E-state index contributed by atoms with van der Waals surface area (Å²) in [4.78, 5) is 14.0. The van der Waals surface area contributed by atoms with Gasteiger partial charge in [0.25, 0.3) is 0 Å². The minimum atomic E-state index is -0.214. The maximum atomic E-state index is 13.4. The predicted molar refractivity (Wildman–Crippen MR) is 110 cm³/mol. The summed E-state index contributed by atoms with van der Waals surface area (Å²) in [5.41, 5.74) is 1.78. The van der Waals surface area contributed by atoms with Gasteiger partial charge in [-0.2, -0.15) is 0 Å². The van der Waals surface area contributed by atoms with Crippen LogP contribution < -0.4 is 14.5 Å². The van der Waals surface area contributed by atoms with E-state index in [0.29, 0.717) is 0 Å². The number of halogens is 1. The van der Waals surface area contributed by atoms with Crippen molar-refractivity contribution in [3.63, 3.8) is 0 Å². The average molecular weight is 401 g/mol. The Bertz CT molecular complexity index is 1120. The van der Waals surface area contributed by atoms with Gasteiger partial charge >= 0.3 is 0 Å². The number of benzene rings is 2. The lowest BCUT2D eigenvalue weighted by Crippen LogP contribution is -2.46. The van der Waals surface area contributed by atoms with Crippen molar-refractivity contribution >= 4 is 53.4 Å². The second-order valence-electron chi connectivity index (χ2n) is 6.39. The Morgan fingerprint density at radius 3 is 2.37 bits per heavy atom. The number of nitrogens with zero attached hydrogens (tertiary/aromatic N) is 4. The molecule has 2 aromatic carbocycles. The molecule has 4 aromatic rings. The Labute approximate surface area is 163 Å². The number of hydrogen-bond acceptors (Lipinski definition) is 7. The van der Waals surface area contributed by atoms with Crippen molar-refractivity contribution in [3.05, 3.63) is 42.2 Å². The van der Waals surface area contributed by atoms with Crippen LogP contribution in [0.5, 0.6) is 5.75 Å². The van der Waals surface area contributed by atoms with Gasteiger partial charge in [0.15, 0.2) is 10.3 Å². The minimum absolute atomic E-state index is 0.214. The van der Waals surface area contributed by atoms with Crippen LogP contribution in [-0.2, 0) is 0 Å². The highest BCUT2D eigenvalue weighted by Gasteiger charge is 2.22. The number of piperazine rings is 1. The molecule has 0 atom stereocenters. The van der Waals surface area contributed by atoms with Gasteiger partial charge in [-0.3, -0.25) is 0 Å². The van der Waals surface area contributed by atoms with Gasteiger partial charge in [0.2, 0.25) is 0 Å². The van der Waals surface area contributed by atoms with Crippen molar-refractivity contribution in [2.24, 2.45) is 0 Å². The Balaban J connectivity index is 1.35. The lowest BCUT2D eigenvalue weighted by atomic mass is 10.3. The van der Waals surface area contributed by atoms with Crippen LogP contribution in [0.2, 0.25) is 0 Å². The summed E-state index contributed by atoms with van der Waals surface area (Å²) in [5.74, 6) is 0.601. The van der Waals surface area contributed by atoms with E-state index in [4.69, 9.17) is 9.72 Å². The van der Waals surface area contributed by atoms with Crippen LogP contribution in [0.3, 0.4) is 0 Å². The van der Waals surface area contributed by atoms with Gasteiger partial charge in [-0.1, -0.05) is 28.7 Å². The zero-order valence-corrected chi connectivity index (χ0v) is 16.3. The number of methoxy groups -OCH3 is 1. The molecule has 2 aromatic heterocycles. The largest absolute Gasteiger partial charge is 0.494 e. The fourth-order valence-corrected chi connectivity index (χ4v) is 5.40. The molecule has 0 aliphatic carbocycles. The quantitative estimate of drug-likeness (QED) is 0.510. The lowest BCUT2D eigenvalue weighted by molar-refractivity contribution is 0.419. The molecule has 8 heteroatoms. The fourth-order valence-electron chi connectivity index (χ4n) is 3.32. The molecule has 5 rings (SSSR count). The van der Waals surface area contributed by atoms with Gasteiger partial charge < -0.3 is 14.5 Å². The molecule has 1 aliphatic rings. The Morgan fingerprint density at radius 1 is 0.926 bits per heavy atom. The SMILES string of the molecule is COc1cccc2sc(N3CCN(c4nc5ccc(F)cc5s4)CC3)nc12. The van der Waals surface area contributed by atoms with Gasteiger partial charge in [-0.05, 0) is 30.3 Å². The number of anilines is 2. The van der Waals surface area contributed by atoms with Gasteiger partial charge in [-0.15, -0.1) is 0 Å². The predicted octanol–water partition coefficient (Wildman–Crippen LogP) is 4.38. The Kier molecular flexibility index (Phi) is 4.09. The minimum Gasteiger partial charge on any atom is -0.494 e. The molecular weight excluding hydrogens is 383 g/mol. The highest BCUT2D eigenvalue weighted by molar-refractivity contribution is 7.22. The second-order valence-corrected chi connectivity index (χ2v) is 8.40. The third kappa shape index (κ3) is 2.98. The van der Waals surface area contributed by atoms with Crippen LogP contribution in [-0.4, -0.2) is 43.3 Å². The van der Waals surface area contributed by atoms with Gasteiger partial charge in [0.1, 0.15) is 17.1 Å². The van der Waals surface area contributed by atoms with E-state index in [0.717, 1.165) is 62.6 Å². The number of ether oxygens (including phenoxy) is 1. The summed E-state index contributed by atoms with van der Waals surface area (Å²) >= 11 is 3.25. The molecule has 0 spiro atoms. The Hall–Kier alpha value is -2.45. The van der Waals surface area contributed by atoms with E-state index in [-0.39, 0.29) is 5.82 Å². The van der Waals surface area contributed by atoms with Crippen molar-refractivity contribution in [2.45, 2.75) is 0 Å². The molecule has 3 heterocycles. The molecule has 0 unspecified atom stereocenters. The summed E-state index contributed by atoms with van der Waals surface area (Å²) < 4.78 is 20.9. The van der Waals surface area contributed by atoms with E-state index in [1.165, 1.54) is 6.07 Å². The van der Waals surface area contributed by atoms with Crippen LogP contribution in [0.4, 0.5) is 14.7 Å². The van der Waals surface area contributed by atoms with Crippen molar-refractivity contribution < 1.29 is 9.13 Å². The summed E-state index contributed by atoms with van der Waals surface area (Å²) in [5, 5.41) is 1.99. The molecule has 27 heavy (non-hydrogen) atoms. The molecular formula is C19H17FN4OS2. The van der Waals surface area contributed by atoms with Crippen molar-refractivity contribution in [1.29, 1.82) is 0 Å². The van der Waals surface area contributed by atoms with Crippen molar-refractivity contribution in [2.75, 3.05) is 43.1 Å². The highest BCUT2D eigenvalue weighted by Crippen LogP contribution is 2.35. The number of thiazole rings is 2. The number of rotatable bonds is 3. The number of fused-ring (bicyclic) bond motifs is 2. The van der Waals surface area contributed by atoms with E-state index >= 15 is 0 Å². The van der Waals surface area contributed by atoms with E-state index in [1.54, 1.807) is 41.9 Å². The third-order valence-electron chi connectivity index (χ3n) is 4.75. The molecule has 1 fully saturated rings. The van der Waals surface area contributed by atoms with Crippen molar-refractivity contribution in [3.8, 4) is 5.75 Å². The first-order valence-electron chi connectivity index (χ1n) is 8.71. The van der Waals surface area contributed by atoms with Crippen molar-refractivity contribution in [1.82, 2.24) is 9.97 Å². The average Bonchev–Trinajstić information content (AvgIpc) is 3.31. The number of para-hydroxylation sites is 1. The molecule has 1 saturated heterocycles. The van der Waals surface area contributed by atoms with Gasteiger partial charge in [-0.25, -0.2) is 14.4 Å². The van der Waals surface area contributed by atoms with Crippen LogP contribution in [0, 0.1) is 5.82 Å². The lowest BCUT2D eigenvalue weighted by Gasteiger charge is -2.34. The zero-order valence-electron chi connectivity index (χ0n) is 14.7. The van der Waals surface area contributed by atoms with E-state index in [1.807, 2.05) is 12.1 Å². The molecule has 0 radical (unpaired) electrons. The standard InChI is InChI=1S/C19H17FN4OS2/c1-25-14-3-2-4-15-17(14)22-19(26-15)24-9-7-23(8-10-24)18-21-13-6-5-12(20)11-16(13)27-18/h2-6,11H,7-10H2,1H3. The smallest absolute Gasteiger partial charge is 0.186 e. The molecule has 0 N–H and O–H groups in total. The first-order valence-corrected chi connectivity index (χ1v) is 10.3. The summed E-state index contributed by atoms with van der Waals surface area (Å²) in [6, 6.07) is 10.8. The Morgan fingerprint density at radius 2 is 1.63 bits per heavy atom. The molecule has 1 aliphatic heterocycles. The maximum Gasteiger partial charge on any atom is 0.186 e. The summed E-state index contributed by atoms with van der Waals surface area (Å²) in [7, 11) is 1.68. The van der Waals surface area contributed by atoms with Crippen LogP contribution >= 0.6 is 22.7 Å². The van der Waals surface area contributed by atoms with Crippen LogP contribution in [0.25, 0.3) is 20.4 Å². The summed E-state index contributed by atoms with van der Waals surface area (Å²) in [6.45, 7) is 3.50. The normalized spacial score (nSPS) is 15.0. The topological polar surface area (TPSA) is 41.5 Å². The maximum absolute atomic E-state index is 13.4. The molecule has 5 nitrogen and oxygen atoms in total. The number of aromatic nitrogens is 2. The molecule has 0 amide bonds. The van der Waals surface area contributed by atoms with Crippen LogP contribution in [0.15, 0.2) is 36.4 Å². The first kappa shape index (κ1) is 16.7. The van der Waals surface area contributed by atoms with E-state index in [2.05, 4.69) is 20.9 Å². The molecule has 0 saturated carbocycles. The van der Waals surface area contributed by atoms with Gasteiger partial charge in [0, 0.05) is 26.2 Å². The zero-order chi connectivity index (χ0) is 18.4. The molecule has 0 bridgehead atoms. The summed E-state index contributed by atoms with van der Waals surface area (Å²) in [6.07, 6.45) is 0. The van der Waals surface area contributed by atoms with E-state index < -0.39 is 0 Å². The van der Waals surface area contributed by atoms with E-state index in [9.17, 15) is 4.39 Å². The fraction of sp³-hybridized carbons (Fsp3) is 0.263. The molecule has 138 valence electrons. The van der Waals surface area contributed by atoms with Gasteiger partial charge in [0.05, 0.1) is 22.0 Å². The second kappa shape index (κ2) is 6.61. The highest BCUT2D eigenvalue weighted by atomic mass is 32.1. The first-order chi connectivity index (χ1) is 13.2. The van der Waals surface area contributed by atoms with Crippen LogP contribution in [0.1, 0.15) is 0 Å². The third-order valence-corrected chi connectivity index (χ3v) is 6.91.